The number of nitrogens with zero attached hydrogens (tertiary/aromatic N) is 1. The summed E-state index contributed by atoms with van der Waals surface area (Å²) in [7, 11) is 0. The Labute approximate surface area is 108 Å². The van der Waals surface area contributed by atoms with E-state index in [2.05, 4.69) is 6.58 Å². The Morgan fingerprint density at radius 3 is 2.50 bits per heavy atom. The van der Waals surface area contributed by atoms with E-state index in [0.717, 1.165) is 19.3 Å². The quantitative estimate of drug-likeness (QED) is 0.776. The number of aliphatic carboxylic acids is 1. The highest BCUT2D eigenvalue weighted by molar-refractivity contribution is 5.85. The van der Waals surface area contributed by atoms with Crippen molar-refractivity contribution < 1.29 is 14.7 Å². The molecule has 0 bridgehead atoms. The molecule has 2 aliphatic rings. The van der Waals surface area contributed by atoms with Crippen molar-refractivity contribution in [3.8, 4) is 0 Å². The van der Waals surface area contributed by atoms with E-state index in [1.54, 1.807) is 4.90 Å². The number of allylic oxidation sites excluding steroid dienone is 1. The average Bonchev–Trinajstić information content (AvgIpc) is 2.65. The maximum atomic E-state index is 12.5. The molecule has 1 amide bonds. The van der Waals surface area contributed by atoms with E-state index in [1.807, 2.05) is 13.0 Å². The first-order valence-corrected chi connectivity index (χ1v) is 6.63. The van der Waals surface area contributed by atoms with Crippen LogP contribution in [0.3, 0.4) is 0 Å². The molecule has 1 aliphatic carbocycles. The van der Waals surface area contributed by atoms with Crippen molar-refractivity contribution in [2.75, 3.05) is 13.1 Å². The van der Waals surface area contributed by atoms with Gasteiger partial charge in [-0.05, 0) is 25.2 Å². The Morgan fingerprint density at radius 2 is 2.11 bits per heavy atom. The lowest BCUT2D eigenvalue weighted by molar-refractivity contribution is -0.147. The van der Waals surface area contributed by atoms with Gasteiger partial charge in [0.1, 0.15) is 0 Å². The van der Waals surface area contributed by atoms with Gasteiger partial charge in [-0.3, -0.25) is 9.59 Å². The van der Waals surface area contributed by atoms with Crippen LogP contribution in [-0.2, 0) is 9.59 Å². The predicted octanol–water partition coefficient (Wildman–Crippen LogP) is 1.91. The van der Waals surface area contributed by atoms with Crippen molar-refractivity contribution in [1.82, 2.24) is 4.90 Å². The van der Waals surface area contributed by atoms with Gasteiger partial charge in [-0.15, -0.1) is 6.58 Å². The molecule has 0 aromatic carbocycles. The number of likely N-dealkylation sites (tertiary alicyclic amines) is 1. The van der Waals surface area contributed by atoms with Gasteiger partial charge in [-0.25, -0.2) is 0 Å². The number of carbonyl (C=O) groups is 2. The van der Waals surface area contributed by atoms with Crippen molar-refractivity contribution in [2.45, 2.75) is 32.6 Å². The number of amides is 1. The summed E-state index contributed by atoms with van der Waals surface area (Å²) in [6.07, 6.45) is 5.45. The number of carbonyl (C=O) groups excluding carboxylic acids is 1. The summed E-state index contributed by atoms with van der Waals surface area (Å²) in [5, 5.41) is 9.11. The summed E-state index contributed by atoms with van der Waals surface area (Å²) in [5.74, 6) is -1.00. The molecule has 2 atom stereocenters. The first-order valence-electron chi connectivity index (χ1n) is 6.63. The maximum Gasteiger partial charge on any atom is 0.308 e. The van der Waals surface area contributed by atoms with Crippen LogP contribution in [0.4, 0.5) is 0 Å². The summed E-state index contributed by atoms with van der Waals surface area (Å²) in [6, 6.07) is 0. The topological polar surface area (TPSA) is 57.6 Å². The zero-order valence-corrected chi connectivity index (χ0v) is 10.9. The second kappa shape index (κ2) is 4.75. The fourth-order valence-corrected chi connectivity index (χ4v) is 3.17. The number of hydrogen-bond acceptors (Lipinski definition) is 2. The van der Waals surface area contributed by atoms with Crippen molar-refractivity contribution in [2.24, 2.45) is 17.3 Å². The van der Waals surface area contributed by atoms with Gasteiger partial charge >= 0.3 is 5.97 Å². The van der Waals surface area contributed by atoms with Crippen LogP contribution in [-0.4, -0.2) is 35.0 Å². The maximum absolute atomic E-state index is 12.5. The second-order valence-electron chi connectivity index (χ2n) is 5.76. The SMILES string of the molecule is C=CCC1(C(=O)N2C[C@@H](C)[C@H](C(=O)O)C2)CCC1. The molecule has 1 aliphatic heterocycles. The van der Waals surface area contributed by atoms with Gasteiger partial charge in [0, 0.05) is 13.1 Å². The third-order valence-corrected chi connectivity index (χ3v) is 4.52. The van der Waals surface area contributed by atoms with Gasteiger partial charge in [0.25, 0.3) is 0 Å². The molecule has 1 saturated heterocycles. The van der Waals surface area contributed by atoms with Gasteiger partial charge in [0.15, 0.2) is 0 Å². The van der Waals surface area contributed by atoms with Crippen molar-refractivity contribution in [1.29, 1.82) is 0 Å². The molecule has 0 spiro atoms. The van der Waals surface area contributed by atoms with Crippen LogP contribution in [0.1, 0.15) is 32.6 Å². The fraction of sp³-hybridized carbons (Fsp3) is 0.714. The lowest BCUT2D eigenvalue weighted by Gasteiger charge is -2.42. The van der Waals surface area contributed by atoms with Gasteiger partial charge in [-0.2, -0.15) is 0 Å². The molecule has 100 valence electrons. The summed E-state index contributed by atoms with van der Waals surface area (Å²) < 4.78 is 0. The first kappa shape index (κ1) is 13.1. The van der Waals surface area contributed by atoms with Gasteiger partial charge < -0.3 is 10.0 Å². The molecule has 1 saturated carbocycles. The van der Waals surface area contributed by atoms with E-state index in [1.165, 1.54) is 0 Å². The number of carboxylic acids is 1. The lowest BCUT2D eigenvalue weighted by Crippen LogP contribution is -2.47. The van der Waals surface area contributed by atoms with Crippen LogP contribution < -0.4 is 0 Å². The molecule has 2 rings (SSSR count). The Balaban J connectivity index is 2.06. The van der Waals surface area contributed by atoms with Gasteiger partial charge in [-0.1, -0.05) is 19.4 Å². The zero-order chi connectivity index (χ0) is 13.3. The lowest BCUT2D eigenvalue weighted by atomic mass is 9.65. The number of carboxylic acid groups (broad SMARTS) is 1. The molecule has 4 nitrogen and oxygen atoms in total. The second-order valence-corrected chi connectivity index (χ2v) is 5.76. The molecular weight excluding hydrogens is 230 g/mol. The third-order valence-electron chi connectivity index (χ3n) is 4.52. The first-order chi connectivity index (χ1) is 8.50. The Bertz CT molecular complexity index is 373. The van der Waals surface area contributed by atoms with Crippen LogP contribution in [0, 0.1) is 17.3 Å². The molecule has 0 radical (unpaired) electrons. The van der Waals surface area contributed by atoms with Gasteiger partial charge in [0.2, 0.25) is 5.91 Å². The highest BCUT2D eigenvalue weighted by atomic mass is 16.4. The van der Waals surface area contributed by atoms with E-state index in [0.29, 0.717) is 19.5 Å². The van der Waals surface area contributed by atoms with E-state index >= 15 is 0 Å². The molecule has 2 fully saturated rings. The summed E-state index contributed by atoms with van der Waals surface area (Å²) in [5.41, 5.74) is -0.269. The van der Waals surface area contributed by atoms with Gasteiger partial charge in [0.05, 0.1) is 11.3 Å². The summed E-state index contributed by atoms with van der Waals surface area (Å²) in [4.78, 5) is 25.4. The van der Waals surface area contributed by atoms with Crippen LogP contribution in [0.2, 0.25) is 0 Å². The Kier molecular flexibility index (Phi) is 3.46. The molecule has 0 unspecified atom stereocenters. The predicted molar refractivity (Wildman–Crippen MR) is 68.0 cm³/mol. The molecule has 18 heavy (non-hydrogen) atoms. The fourth-order valence-electron chi connectivity index (χ4n) is 3.17. The monoisotopic (exact) mass is 251 g/mol. The number of hydrogen-bond donors (Lipinski definition) is 1. The highest BCUT2D eigenvalue weighted by Gasteiger charge is 2.48. The minimum atomic E-state index is -0.788. The largest absolute Gasteiger partial charge is 0.481 e. The van der Waals surface area contributed by atoms with E-state index < -0.39 is 11.9 Å². The van der Waals surface area contributed by atoms with Crippen molar-refractivity contribution in [3.05, 3.63) is 12.7 Å². The molecular formula is C14H21NO3. The average molecular weight is 251 g/mol. The zero-order valence-electron chi connectivity index (χ0n) is 10.9. The number of rotatable bonds is 4. The molecule has 0 aromatic heterocycles. The smallest absolute Gasteiger partial charge is 0.308 e. The van der Waals surface area contributed by atoms with E-state index in [4.69, 9.17) is 5.11 Å². The minimum Gasteiger partial charge on any atom is -0.481 e. The van der Waals surface area contributed by atoms with Crippen LogP contribution in [0.25, 0.3) is 0 Å². The Morgan fingerprint density at radius 1 is 1.44 bits per heavy atom. The third kappa shape index (κ3) is 2.04. The standard InChI is InChI=1S/C14H21NO3/c1-3-5-14(6-4-7-14)13(18)15-8-10(2)11(9-15)12(16)17/h3,10-11H,1,4-9H2,2H3,(H,16,17)/t10-,11-/m1/s1. The van der Waals surface area contributed by atoms with Crippen LogP contribution in [0.5, 0.6) is 0 Å². The molecule has 0 aromatic rings. The normalized spacial score (nSPS) is 29.7. The Hall–Kier alpha value is -1.32. The minimum absolute atomic E-state index is 0.0484. The molecule has 4 heteroatoms. The summed E-state index contributed by atoms with van der Waals surface area (Å²) in [6.45, 7) is 6.59. The van der Waals surface area contributed by atoms with Crippen LogP contribution in [0.15, 0.2) is 12.7 Å². The summed E-state index contributed by atoms with van der Waals surface area (Å²) >= 11 is 0. The van der Waals surface area contributed by atoms with E-state index in [9.17, 15) is 9.59 Å². The molecule has 1 heterocycles. The van der Waals surface area contributed by atoms with Crippen molar-refractivity contribution in [3.63, 3.8) is 0 Å². The van der Waals surface area contributed by atoms with E-state index in [-0.39, 0.29) is 17.2 Å². The van der Waals surface area contributed by atoms with Crippen molar-refractivity contribution >= 4 is 11.9 Å². The molecule has 1 N–H and O–H groups in total. The van der Waals surface area contributed by atoms with Crippen LogP contribution >= 0.6 is 0 Å². The highest BCUT2D eigenvalue weighted by Crippen LogP contribution is 2.46.